The Kier molecular flexibility index (Phi) is 4.99. The van der Waals surface area contributed by atoms with Crippen molar-refractivity contribution in [1.82, 2.24) is 4.90 Å². The minimum absolute atomic E-state index is 0.283. The molecule has 0 N–H and O–H groups in total. The molecule has 0 aliphatic carbocycles. The molecule has 0 aliphatic heterocycles. The SMILES string of the molecule is CCN(CC)Cc1ccc(C(=O)OC)cc1. The highest BCUT2D eigenvalue weighted by Gasteiger charge is 2.05. The summed E-state index contributed by atoms with van der Waals surface area (Å²) in [5, 5.41) is 0. The average Bonchev–Trinajstić information content (AvgIpc) is 2.35. The topological polar surface area (TPSA) is 29.5 Å². The summed E-state index contributed by atoms with van der Waals surface area (Å²) in [6.07, 6.45) is 0. The highest BCUT2D eigenvalue weighted by atomic mass is 16.5. The van der Waals surface area contributed by atoms with Crippen molar-refractivity contribution >= 4 is 5.97 Å². The number of ether oxygens (including phenoxy) is 1. The van der Waals surface area contributed by atoms with E-state index in [4.69, 9.17) is 0 Å². The first-order chi connectivity index (χ1) is 7.71. The Morgan fingerprint density at radius 3 is 2.19 bits per heavy atom. The third-order valence-electron chi connectivity index (χ3n) is 2.68. The number of nitrogens with zero attached hydrogens (tertiary/aromatic N) is 1. The number of rotatable bonds is 5. The molecule has 0 atom stereocenters. The number of carbonyl (C=O) groups is 1. The number of hydrogen-bond donors (Lipinski definition) is 0. The van der Waals surface area contributed by atoms with E-state index in [0.717, 1.165) is 19.6 Å². The summed E-state index contributed by atoms with van der Waals surface area (Å²) in [6, 6.07) is 7.57. The van der Waals surface area contributed by atoms with Gasteiger partial charge < -0.3 is 4.74 Å². The first-order valence-electron chi connectivity index (χ1n) is 5.60. The molecular weight excluding hydrogens is 202 g/mol. The Hall–Kier alpha value is -1.35. The molecule has 0 radical (unpaired) electrons. The second-order valence-corrected chi connectivity index (χ2v) is 3.65. The molecule has 3 nitrogen and oxygen atoms in total. The molecule has 0 amide bonds. The second kappa shape index (κ2) is 6.28. The molecule has 0 saturated heterocycles. The fraction of sp³-hybridized carbons (Fsp3) is 0.462. The van der Waals surface area contributed by atoms with Gasteiger partial charge in [-0.3, -0.25) is 4.90 Å². The smallest absolute Gasteiger partial charge is 0.337 e. The normalized spacial score (nSPS) is 10.5. The van der Waals surface area contributed by atoms with E-state index in [9.17, 15) is 4.79 Å². The summed E-state index contributed by atoms with van der Waals surface area (Å²) in [5.74, 6) is -0.283. The van der Waals surface area contributed by atoms with Crippen molar-refractivity contribution in [2.24, 2.45) is 0 Å². The molecule has 1 aromatic rings. The van der Waals surface area contributed by atoms with Gasteiger partial charge in [0.15, 0.2) is 0 Å². The van der Waals surface area contributed by atoms with E-state index in [1.165, 1.54) is 12.7 Å². The highest BCUT2D eigenvalue weighted by molar-refractivity contribution is 5.89. The molecule has 0 heterocycles. The Morgan fingerprint density at radius 1 is 1.19 bits per heavy atom. The van der Waals surface area contributed by atoms with Crippen LogP contribution in [0.1, 0.15) is 29.8 Å². The molecule has 0 fully saturated rings. The monoisotopic (exact) mass is 221 g/mol. The second-order valence-electron chi connectivity index (χ2n) is 3.65. The van der Waals surface area contributed by atoms with Crippen LogP contribution >= 0.6 is 0 Å². The van der Waals surface area contributed by atoms with Gasteiger partial charge >= 0.3 is 5.97 Å². The van der Waals surface area contributed by atoms with Crippen LogP contribution in [0.15, 0.2) is 24.3 Å². The van der Waals surface area contributed by atoms with Gasteiger partial charge in [0.25, 0.3) is 0 Å². The summed E-state index contributed by atoms with van der Waals surface area (Å²) >= 11 is 0. The minimum atomic E-state index is -0.283. The van der Waals surface area contributed by atoms with Crippen LogP contribution < -0.4 is 0 Å². The van der Waals surface area contributed by atoms with Crippen molar-refractivity contribution < 1.29 is 9.53 Å². The van der Waals surface area contributed by atoms with Crippen molar-refractivity contribution in [1.29, 1.82) is 0 Å². The Morgan fingerprint density at radius 2 is 1.75 bits per heavy atom. The molecule has 0 aliphatic rings. The average molecular weight is 221 g/mol. The predicted molar refractivity (Wildman–Crippen MR) is 64.4 cm³/mol. The summed E-state index contributed by atoms with van der Waals surface area (Å²) in [5.41, 5.74) is 1.82. The van der Waals surface area contributed by atoms with Gasteiger partial charge in [0.1, 0.15) is 0 Å². The van der Waals surface area contributed by atoms with Crippen molar-refractivity contribution in [2.45, 2.75) is 20.4 Å². The van der Waals surface area contributed by atoms with Crippen molar-refractivity contribution in [2.75, 3.05) is 20.2 Å². The van der Waals surface area contributed by atoms with Crippen LogP contribution in [0.4, 0.5) is 0 Å². The van der Waals surface area contributed by atoms with Crippen LogP contribution in [0.5, 0.6) is 0 Å². The molecule has 1 rings (SSSR count). The Labute approximate surface area is 97.0 Å². The number of esters is 1. The molecule has 16 heavy (non-hydrogen) atoms. The quantitative estimate of drug-likeness (QED) is 0.715. The lowest BCUT2D eigenvalue weighted by Gasteiger charge is -2.17. The summed E-state index contributed by atoms with van der Waals surface area (Å²) in [7, 11) is 1.39. The Bertz CT molecular complexity index is 328. The van der Waals surface area contributed by atoms with Gasteiger partial charge in [0, 0.05) is 6.54 Å². The van der Waals surface area contributed by atoms with Crippen LogP contribution in [0.2, 0.25) is 0 Å². The van der Waals surface area contributed by atoms with Crippen molar-refractivity contribution in [3.63, 3.8) is 0 Å². The van der Waals surface area contributed by atoms with Crippen LogP contribution in [-0.4, -0.2) is 31.1 Å². The van der Waals surface area contributed by atoms with E-state index in [2.05, 4.69) is 23.5 Å². The molecule has 0 spiro atoms. The van der Waals surface area contributed by atoms with Gasteiger partial charge in [0.05, 0.1) is 12.7 Å². The fourth-order valence-electron chi connectivity index (χ4n) is 1.57. The van der Waals surface area contributed by atoms with Gasteiger partial charge in [-0.05, 0) is 30.8 Å². The number of hydrogen-bond acceptors (Lipinski definition) is 3. The molecule has 0 aromatic heterocycles. The van der Waals surface area contributed by atoms with Crippen molar-refractivity contribution in [3.8, 4) is 0 Å². The van der Waals surface area contributed by atoms with Crippen LogP contribution in [0.25, 0.3) is 0 Å². The van der Waals surface area contributed by atoms with E-state index in [-0.39, 0.29) is 5.97 Å². The van der Waals surface area contributed by atoms with Crippen LogP contribution in [0, 0.1) is 0 Å². The Balaban J connectivity index is 2.67. The van der Waals surface area contributed by atoms with E-state index >= 15 is 0 Å². The number of carbonyl (C=O) groups excluding carboxylic acids is 1. The maximum Gasteiger partial charge on any atom is 0.337 e. The minimum Gasteiger partial charge on any atom is -0.465 e. The first kappa shape index (κ1) is 12.7. The third-order valence-corrected chi connectivity index (χ3v) is 2.68. The molecular formula is C13H19NO2. The molecule has 1 aromatic carbocycles. The summed E-state index contributed by atoms with van der Waals surface area (Å²) in [6.45, 7) is 7.29. The first-order valence-corrected chi connectivity index (χ1v) is 5.60. The summed E-state index contributed by atoms with van der Waals surface area (Å²) in [4.78, 5) is 13.6. The largest absolute Gasteiger partial charge is 0.465 e. The van der Waals surface area contributed by atoms with E-state index in [0.29, 0.717) is 5.56 Å². The van der Waals surface area contributed by atoms with Gasteiger partial charge in [-0.2, -0.15) is 0 Å². The van der Waals surface area contributed by atoms with Gasteiger partial charge in [-0.15, -0.1) is 0 Å². The molecule has 88 valence electrons. The zero-order valence-corrected chi connectivity index (χ0v) is 10.2. The van der Waals surface area contributed by atoms with Crippen LogP contribution in [-0.2, 0) is 11.3 Å². The molecule has 3 heteroatoms. The van der Waals surface area contributed by atoms with E-state index < -0.39 is 0 Å². The number of benzene rings is 1. The third kappa shape index (κ3) is 3.35. The lowest BCUT2D eigenvalue weighted by atomic mass is 10.1. The molecule has 0 bridgehead atoms. The fourth-order valence-corrected chi connectivity index (χ4v) is 1.57. The van der Waals surface area contributed by atoms with E-state index in [1.807, 2.05) is 24.3 Å². The van der Waals surface area contributed by atoms with Gasteiger partial charge in [-0.25, -0.2) is 4.79 Å². The maximum absolute atomic E-state index is 11.2. The zero-order valence-electron chi connectivity index (χ0n) is 10.2. The highest BCUT2D eigenvalue weighted by Crippen LogP contribution is 2.08. The maximum atomic E-state index is 11.2. The van der Waals surface area contributed by atoms with E-state index in [1.54, 1.807) is 0 Å². The van der Waals surface area contributed by atoms with Crippen molar-refractivity contribution in [3.05, 3.63) is 35.4 Å². The molecule has 0 saturated carbocycles. The van der Waals surface area contributed by atoms with Gasteiger partial charge in [-0.1, -0.05) is 26.0 Å². The zero-order chi connectivity index (χ0) is 12.0. The molecule has 0 unspecified atom stereocenters. The lowest BCUT2D eigenvalue weighted by molar-refractivity contribution is 0.0600. The van der Waals surface area contributed by atoms with Gasteiger partial charge in [0.2, 0.25) is 0 Å². The van der Waals surface area contributed by atoms with Crippen LogP contribution in [0.3, 0.4) is 0 Å². The lowest BCUT2D eigenvalue weighted by Crippen LogP contribution is -2.22. The predicted octanol–water partition coefficient (Wildman–Crippen LogP) is 2.32. The standard InChI is InChI=1S/C13H19NO2/c1-4-14(5-2)10-11-6-8-12(9-7-11)13(15)16-3/h6-9H,4-5,10H2,1-3H3. The summed E-state index contributed by atoms with van der Waals surface area (Å²) < 4.78 is 4.65. The number of methoxy groups -OCH3 is 1.